The molecular formula is C30H19ClN2. The molecule has 33 heavy (non-hydrogen) atoms. The monoisotopic (exact) mass is 442 g/mol. The first-order chi connectivity index (χ1) is 16.2. The SMILES string of the molecule is Clc1ccc(-c2ccc3ccc(-c4ccc(-c5cccc6cccnc56)nc4)cc3c2)cc1. The first-order valence-corrected chi connectivity index (χ1v) is 11.2. The highest BCUT2D eigenvalue weighted by molar-refractivity contribution is 6.30. The third kappa shape index (κ3) is 3.75. The summed E-state index contributed by atoms with van der Waals surface area (Å²) in [5.74, 6) is 0. The fourth-order valence-corrected chi connectivity index (χ4v) is 4.41. The summed E-state index contributed by atoms with van der Waals surface area (Å²) in [6.45, 7) is 0. The Morgan fingerprint density at radius 1 is 0.515 bits per heavy atom. The van der Waals surface area contributed by atoms with Crippen LogP contribution in [0.25, 0.3) is 55.2 Å². The zero-order chi connectivity index (χ0) is 22.2. The molecule has 0 aliphatic rings. The van der Waals surface area contributed by atoms with Crippen molar-refractivity contribution >= 4 is 33.3 Å². The maximum Gasteiger partial charge on any atom is 0.0795 e. The number of fused-ring (bicyclic) bond motifs is 2. The van der Waals surface area contributed by atoms with Gasteiger partial charge in [0.1, 0.15) is 0 Å². The van der Waals surface area contributed by atoms with E-state index in [0.717, 1.165) is 43.9 Å². The first kappa shape index (κ1) is 19.7. The van der Waals surface area contributed by atoms with Crippen LogP contribution in [0.1, 0.15) is 0 Å². The smallest absolute Gasteiger partial charge is 0.0795 e. The van der Waals surface area contributed by atoms with E-state index in [2.05, 4.69) is 89.9 Å². The molecule has 0 saturated carbocycles. The minimum Gasteiger partial charge on any atom is -0.256 e. The Morgan fingerprint density at radius 3 is 1.97 bits per heavy atom. The number of benzene rings is 4. The fourth-order valence-electron chi connectivity index (χ4n) is 4.28. The predicted molar refractivity (Wildman–Crippen MR) is 138 cm³/mol. The van der Waals surface area contributed by atoms with Gasteiger partial charge in [0, 0.05) is 33.9 Å². The fraction of sp³-hybridized carbons (Fsp3) is 0. The van der Waals surface area contributed by atoms with Gasteiger partial charge >= 0.3 is 0 Å². The molecule has 4 aromatic carbocycles. The predicted octanol–water partition coefficient (Wildman–Crippen LogP) is 8.44. The van der Waals surface area contributed by atoms with E-state index in [1.54, 1.807) is 0 Å². The van der Waals surface area contributed by atoms with Crippen LogP contribution >= 0.6 is 11.6 Å². The summed E-state index contributed by atoms with van der Waals surface area (Å²) < 4.78 is 0. The molecule has 2 heterocycles. The zero-order valence-electron chi connectivity index (χ0n) is 17.7. The summed E-state index contributed by atoms with van der Waals surface area (Å²) in [4.78, 5) is 9.34. The lowest BCUT2D eigenvalue weighted by atomic mass is 9.98. The summed E-state index contributed by atoms with van der Waals surface area (Å²) >= 11 is 6.05. The average Bonchev–Trinajstić information content (AvgIpc) is 2.88. The molecule has 156 valence electrons. The molecule has 0 spiro atoms. The van der Waals surface area contributed by atoms with Gasteiger partial charge < -0.3 is 0 Å². The van der Waals surface area contributed by atoms with Crippen molar-refractivity contribution in [1.82, 2.24) is 9.97 Å². The summed E-state index contributed by atoms with van der Waals surface area (Å²) in [5, 5.41) is 4.27. The normalized spacial score (nSPS) is 11.2. The van der Waals surface area contributed by atoms with Crippen LogP contribution in [0.3, 0.4) is 0 Å². The molecule has 0 radical (unpaired) electrons. The second-order valence-electron chi connectivity index (χ2n) is 8.10. The number of hydrogen-bond acceptors (Lipinski definition) is 2. The lowest BCUT2D eigenvalue weighted by molar-refractivity contribution is 1.32. The second-order valence-corrected chi connectivity index (χ2v) is 8.53. The molecule has 0 aliphatic heterocycles. The Balaban J connectivity index is 1.37. The van der Waals surface area contributed by atoms with Crippen molar-refractivity contribution in [2.45, 2.75) is 0 Å². The van der Waals surface area contributed by atoms with Crippen LogP contribution in [0.2, 0.25) is 5.02 Å². The van der Waals surface area contributed by atoms with Crippen LogP contribution in [0.5, 0.6) is 0 Å². The van der Waals surface area contributed by atoms with Gasteiger partial charge in [0.05, 0.1) is 11.2 Å². The first-order valence-electron chi connectivity index (χ1n) is 10.8. The quantitative estimate of drug-likeness (QED) is 0.275. The Bertz CT molecular complexity index is 1600. The Morgan fingerprint density at radius 2 is 1.21 bits per heavy atom. The molecule has 0 saturated heterocycles. The maximum atomic E-state index is 6.05. The van der Waals surface area contributed by atoms with Gasteiger partial charge in [0.2, 0.25) is 0 Å². The highest BCUT2D eigenvalue weighted by Crippen LogP contribution is 2.31. The number of hydrogen-bond donors (Lipinski definition) is 0. The van der Waals surface area contributed by atoms with E-state index in [1.165, 1.54) is 16.3 Å². The molecule has 2 nitrogen and oxygen atoms in total. The van der Waals surface area contributed by atoms with Crippen LogP contribution in [0, 0.1) is 0 Å². The van der Waals surface area contributed by atoms with Gasteiger partial charge in [-0.05, 0) is 63.9 Å². The van der Waals surface area contributed by atoms with E-state index in [9.17, 15) is 0 Å². The lowest BCUT2D eigenvalue weighted by Gasteiger charge is -2.09. The van der Waals surface area contributed by atoms with E-state index in [4.69, 9.17) is 16.6 Å². The molecule has 0 fully saturated rings. The van der Waals surface area contributed by atoms with Gasteiger partial charge in [0.15, 0.2) is 0 Å². The third-order valence-electron chi connectivity index (χ3n) is 6.02. The standard InChI is InChI=1S/C30H19ClN2/c31-27-13-10-20(11-14-27)23-8-6-21-7-9-24(18-26(21)17-23)25-12-15-29(33-19-25)28-5-1-3-22-4-2-16-32-30(22)28/h1-19H. The Hall–Kier alpha value is -4.01. The highest BCUT2D eigenvalue weighted by Gasteiger charge is 2.08. The molecule has 6 aromatic rings. The Kier molecular flexibility index (Phi) is 4.86. The minimum absolute atomic E-state index is 0.747. The summed E-state index contributed by atoms with van der Waals surface area (Å²) in [6, 6.07) is 35.5. The molecule has 0 unspecified atom stereocenters. The van der Waals surface area contributed by atoms with Crippen molar-refractivity contribution in [2.75, 3.05) is 0 Å². The van der Waals surface area contributed by atoms with Crippen molar-refractivity contribution in [3.05, 3.63) is 121 Å². The van der Waals surface area contributed by atoms with E-state index in [1.807, 2.05) is 30.6 Å². The van der Waals surface area contributed by atoms with Gasteiger partial charge in [-0.25, -0.2) is 0 Å². The van der Waals surface area contributed by atoms with Crippen molar-refractivity contribution < 1.29 is 0 Å². The van der Waals surface area contributed by atoms with Crippen LogP contribution in [-0.4, -0.2) is 9.97 Å². The van der Waals surface area contributed by atoms with Crippen molar-refractivity contribution in [3.8, 4) is 33.5 Å². The second kappa shape index (κ2) is 8.16. The summed E-state index contributed by atoms with van der Waals surface area (Å²) in [6.07, 6.45) is 3.77. The number of pyridine rings is 2. The lowest BCUT2D eigenvalue weighted by Crippen LogP contribution is -1.88. The summed E-state index contributed by atoms with van der Waals surface area (Å²) in [7, 11) is 0. The number of rotatable bonds is 3. The van der Waals surface area contributed by atoms with E-state index >= 15 is 0 Å². The van der Waals surface area contributed by atoms with Gasteiger partial charge in [-0.3, -0.25) is 9.97 Å². The Labute approximate surface area is 197 Å². The van der Waals surface area contributed by atoms with E-state index in [-0.39, 0.29) is 0 Å². The van der Waals surface area contributed by atoms with Gasteiger partial charge in [-0.1, -0.05) is 78.3 Å². The zero-order valence-corrected chi connectivity index (χ0v) is 18.5. The molecule has 6 rings (SSSR count). The molecule has 2 aromatic heterocycles. The topological polar surface area (TPSA) is 25.8 Å². The molecule has 0 aliphatic carbocycles. The number of aromatic nitrogens is 2. The molecular weight excluding hydrogens is 424 g/mol. The van der Waals surface area contributed by atoms with Gasteiger partial charge in [0.25, 0.3) is 0 Å². The number of nitrogens with zero attached hydrogens (tertiary/aromatic N) is 2. The average molecular weight is 443 g/mol. The van der Waals surface area contributed by atoms with Gasteiger partial charge in [-0.2, -0.15) is 0 Å². The number of halogens is 1. The molecule has 0 atom stereocenters. The van der Waals surface area contributed by atoms with E-state index < -0.39 is 0 Å². The van der Waals surface area contributed by atoms with Crippen LogP contribution in [-0.2, 0) is 0 Å². The summed E-state index contributed by atoms with van der Waals surface area (Å²) in [5.41, 5.74) is 7.51. The molecule has 3 heteroatoms. The molecule has 0 amide bonds. The third-order valence-corrected chi connectivity index (χ3v) is 6.28. The van der Waals surface area contributed by atoms with Crippen molar-refractivity contribution in [2.24, 2.45) is 0 Å². The van der Waals surface area contributed by atoms with E-state index in [0.29, 0.717) is 0 Å². The van der Waals surface area contributed by atoms with Gasteiger partial charge in [-0.15, -0.1) is 0 Å². The van der Waals surface area contributed by atoms with Crippen LogP contribution in [0.15, 0.2) is 116 Å². The number of para-hydroxylation sites is 1. The van der Waals surface area contributed by atoms with Crippen molar-refractivity contribution in [3.63, 3.8) is 0 Å². The largest absolute Gasteiger partial charge is 0.256 e. The highest BCUT2D eigenvalue weighted by atomic mass is 35.5. The van der Waals surface area contributed by atoms with Crippen LogP contribution in [0.4, 0.5) is 0 Å². The van der Waals surface area contributed by atoms with Crippen LogP contribution < -0.4 is 0 Å². The maximum absolute atomic E-state index is 6.05. The molecule has 0 bridgehead atoms. The minimum atomic E-state index is 0.747. The van der Waals surface area contributed by atoms with Crippen molar-refractivity contribution in [1.29, 1.82) is 0 Å². The molecule has 0 N–H and O–H groups in total.